The Morgan fingerprint density at radius 2 is 2.07 bits per heavy atom. The molecule has 0 aliphatic carbocycles. The molecule has 0 aromatic carbocycles. The summed E-state index contributed by atoms with van der Waals surface area (Å²) in [4.78, 5) is 40.2. The van der Waals surface area contributed by atoms with Crippen molar-refractivity contribution in [2.45, 2.75) is 0 Å². The third kappa shape index (κ3) is 1.20. The summed E-state index contributed by atoms with van der Waals surface area (Å²) >= 11 is 0. The molecule has 0 aliphatic heterocycles. The van der Waals surface area contributed by atoms with Gasteiger partial charge in [-0.1, -0.05) is 0 Å². The Bertz CT molecular complexity index is 612. The first kappa shape index (κ1) is 8.30. The lowest BCUT2D eigenvalue weighted by molar-refractivity contribution is 1.06. The molecule has 14 heavy (non-hydrogen) atoms. The normalized spacial score (nSPS) is 10.3. The number of nitrogens with zero attached hydrogens (tertiary/aromatic N) is 2. The van der Waals surface area contributed by atoms with Crippen molar-refractivity contribution in [1.82, 2.24) is 15.0 Å². The van der Waals surface area contributed by atoms with Gasteiger partial charge in [-0.3, -0.25) is 14.8 Å². The summed E-state index contributed by atoms with van der Waals surface area (Å²) in [5.41, 5.74) is -1.07. The summed E-state index contributed by atoms with van der Waals surface area (Å²) in [6.45, 7) is 0. The van der Waals surface area contributed by atoms with Crippen LogP contribution in [0.4, 0.5) is 5.69 Å². The topological polar surface area (TPSA) is 108 Å². The van der Waals surface area contributed by atoms with Gasteiger partial charge < -0.3 is 0 Å². The van der Waals surface area contributed by atoms with E-state index in [1.54, 1.807) is 0 Å². The number of hydrogen-bond donors (Lipinski definition) is 2. The fourth-order valence-electron chi connectivity index (χ4n) is 1.09. The molecule has 7 heteroatoms. The monoisotopic (exact) mass is 192 g/mol. The number of rotatable bonds is 1. The Balaban J connectivity index is 2.96. The van der Waals surface area contributed by atoms with E-state index in [-0.39, 0.29) is 16.7 Å². The molecule has 0 aliphatic rings. The van der Waals surface area contributed by atoms with E-state index in [1.165, 1.54) is 12.3 Å². The quantitative estimate of drug-likeness (QED) is 0.620. The second-order valence-electron chi connectivity index (χ2n) is 2.59. The summed E-state index contributed by atoms with van der Waals surface area (Å²) in [6.07, 6.45) is 1.17. The second-order valence-corrected chi connectivity index (χ2v) is 2.59. The van der Waals surface area contributed by atoms with Gasteiger partial charge in [0.15, 0.2) is 0 Å². The van der Waals surface area contributed by atoms with Crippen molar-refractivity contribution in [2.24, 2.45) is 5.18 Å². The SMILES string of the molecule is O=Nc1cnc2[nH]c(=O)[nH]c(=O)c2c1. The second kappa shape index (κ2) is 2.87. The molecule has 0 radical (unpaired) electrons. The van der Waals surface area contributed by atoms with Crippen molar-refractivity contribution in [3.63, 3.8) is 0 Å². The van der Waals surface area contributed by atoms with Crippen molar-refractivity contribution in [3.8, 4) is 0 Å². The molecule has 0 atom stereocenters. The minimum absolute atomic E-state index is 0.0371. The molecule has 2 N–H and O–H groups in total. The predicted molar refractivity (Wildman–Crippen MR) is 48.4 cm³/mol. The van der Waals surface area contributed by atoms with Crippen LogP contribution in [-0.2, 0) is 0 Å². The Kier molecular flexibility index (Phi) is 1.70. The van der Waals surface area contributed by atoms with Gasteiger partial charge in [0.2, 0.25) is 0 Å². The number of nitroso groups, excluding NO2 is 1. The largest absolute Gasteiger partial charge is 0.327 e. The lowest BCUT2D eigenvalue weighted by Crippen LogP contribution is -2.22. The Labute approximate surface area is 75.8 Å². The van der Waals surface area contributed by atoms with E-state index in [4.69, 9.17) is 0 Å². The number of aromatic amines is 2. The van der Waals surface area contributed by atoms with Crippen LogP contribution in [0.15, 0.2) is 27.0 Å². The highest BCUT2D eigenvalue weighted by molar-refractivity contribution is 5.75. The van der Waals surface area contributed by atoms with Crippen LogP contribution in [0.1, 0.15) is 0 Å². The average Bonchev–Trinajstić information content (AvgIpc) is 2.17. The van der Waals surface area contributed by atoms with Gasteiger partial charge in [0, 0.05) is 0 Å². The lowest BCUT2D eigenvalue weighted by Gasteiger charge is -1.94. The fourth-order valence-corrected chi connectivity index (χ4v) is 1.09. The molecule has 70 valence electrons. The molecule has 0 fully saturated rings. The molecule has 0 spiro atoms. The van der Waals surface area contributed by atoms with E-state index >= 15 is 0 Å². The molecule has 0 unspecified atom stereocenters. The van der Waals surface area contributed by atoms with Crippen LogP contribution in [0, 0.1) is 4.91 Å². The molecule has 0 bridgehead atoms. The highest BCUT2D eigenvalue weighted by Crippen LogP contribution is 2.12. The third-order valence-electron chi connectivity index (χ3n) is 1.68. The van der Waals surface area contributed by atoms with E-state index in [0.717, 1.165) is 0 Å². The highest BCUT2D eigenvalue weighted by atomic mass is 16.3. The highest BCUT2D eigenvalue weighted by Gasteiger charge is 2.02. The molecular formula is C7H4N4O3. The molecule has 2 aromatic rings. The van der Waals surface area contributed by atoms with Gasteiger partial charge in [-0.25, -0.2) is 9.78 Å². The summed E-state index contributed by atoms with van der Waals surface area (Å²) < 4.78 is 0. The van der Waals surface area contributed by atoms with Gasteiger partial charge in [0.1, 0.15) is 11.3 Å². The molecule has 7 nitrogen and oxygen atoms in total. The minimum atomic E-state index is -0.637. The molecule has 2 rings (SSSR count). The van der Waals surface area contributed by atoms with Gasteiger partial charge in [0.25, 0.3) is 5.56 Å². The predicted octanol–water partition coefficient (Wildman–Crippen LogP) is 0.00930. The number of fused-ring (bicyclic) bond motifs is 1. The fraction of sp³-hybridized carbons (Fsp3) is 0. The van der Waals surface area contributed by atoms with Crippen molar-refractivity contribution in [1.29, 1.82) is 0 Å². The Hall–Kier alpha value is -2.31. The van der Waals surface area contributed by atoms with E-state index < -0.39 is 11.2 Å². The lowest BCUT2D eigenvalue weighted by atomic mass is 10.3. The van der Waals surface area contributed by atoms with Gasteiger partial charge in [0.05, 0.1) is 11.6 Å². The Morgan fingerprint density at radius 3 is 2.79 bits per heavy atom. The van der Waals surface area contributed by atoms with Crippen molar-refractivity contribution < 1.29 is 0 Å². The molecule has 0 saturated carbocycles. The maximum atomic E-state index is 11.2. The van der Waals surface area contributed by atoms with Gasteiger partial charge in [-0.2, -0.15) is 0 Å². The summed E-state index contributed by atoms with van der Waals surface area (Å²) in [7, 11) is 0. The van der Waals surface area contributed by atoms with Gasteiger partial charge in [-0.05, 0) is 11.2 Å². The van der Waals surface area contributed by atoms with Crippen LogP contribution in [0.5, 0.6) is 0 Å². The maximum absolute atomic E-state index is 11.2. The van der Waals surface area contributed by atoms with E-state index in [0.29, 0.717) is 0 Å². The molecule has 0 saturated heterocycles. The van der Waals surface area contributed by atoms with Gasteiger partial charge >= 0.3 is 5.69 Å². The number of H-pyrrole nitrogens is 2. The van der Waals surface area contributed by atoms with E-state index in [1.807, 2.05) is 4.98 Å². The van der Waals surface area contributed by atoms with Crippen LogP contribution in [0.3, 0.4) is 0 Å². The van der Waals surface area contributed by atoms with E-state index in [9.17, 15) is 14.5 Å². The molecule has 0 amide bonds. The van der Waals surface area contributed by atoms with Crippen LogP contribution < -0.4 is 11.2 Å². The maximum Gasteiger partial charge on any atom is 0.327 e. The Morgan fingerprint density at radius 1 is 1.29 bits per heavy atom. The number of nitrogens with one attached hydrogen (secondary N) is 2. The summed E-state index contributed by atoms with van der Waals surface area (Å²) in [5, 5.41) is 2.75. The van der Waals surface area contributed by atoms with Crippen molar-refractivity contribution >= 4 is 16.7 Å². The third-order valence-corrected chi connectivity index (χ3v) is 1.68. The first-order valence-electron chi connectivity index (χ1n) is 3.66. The first-order chi connectivity index (χ1) is 6.70. The first-order valence-corrected chi connectivity index (χ1v) is 3.66. The zero-order valence-corrected chi connectivity index (χ0v) is 6.77. The minimum Gasteiger partial charge on any atom is -0.291 e. The average molecular weight is 192 g/mol. The summed E-state index contributed by atoms with van der Waals surface area (Å²) in [6, 6.07) is 1.25. The zero-order valence-electron chi connectivity index (χ0n) is 6.77. The van der Waals surface area contributed by atoms with Gasteiger partial charge in [-0.15, -0.1) is 4.91 Å². The summed E-state index contributed by atoms with van der Waals surface area (Å²) in [5.74, 6) is 0. The number of pyridine rings is 1. The van der Waals surface area contributed by atoms with E-state index in [2.05, 4.69) is 15.1 Å². The van der Waals surface area contributed by atoms with Crippen LogP contribution in [0.25, 0.3) is 11.0 Å². The van der Waals surface area contributed by atoms with Crippen LogP contribution in [0.2, 0.25) is 0 Å². The standard InChI is InChI=1S/C7H4N4O3/c12-6-4-1-3(11-14)2-8-5(4)9-7(13)10-6/h1-2H,(H2,8,9,10,12,13). The molecule has 2 heterocycles. The zero-order chi connectivity index (χ0) is 10.1. The van der Waals surface area contributed by atoms with Crippen molar-refractivity contribution in [2.75, 3.05) is 0 Å². The molecular weight excluding hydrogens is 188 g/mol. The smallest absolute Gasteiger partial charge is 0.291 e. The van der Waals surface area contributed by atoms with Crippen molar-refractivity contribution in [3.05, 3.63) is 38.0 Å². The number of aromatic nitrogens is 3. The van der Waals surface area contributed by atoms with Crippen LogP contribution in [-0.4, -0.2) is 15.0 Å². The molecule has 2 aromatic heterocycles. The van der Waals surface area contributed by atoms with Crippen LogP contribution >= 0.6 is 0 Å². The number of hydrogen-bond acceptors (Lipinski definition) is 5.